The molecular weight excluding hydrogens is 395 g/mol. The molecule has 0 aliphatic rings. The number of rotatable bonds is 2. The Kier molecular flexibility index (Phi) is 6.97. The van der Waals surface area contributed by atoms with E-state index >= 15 is 0 Å². The van der Waals surface area contributed by atoms with Gasteiger partial charge in [-0.15, -0.1) is 0 Å². The molecule has 21 heavy (non-hydrogen) atoms. The van der Waals surface area contributed by atoms with Crippen LogP contribution in [0.1, 0.15) is 17.6 Å². The Balaban J connectivity index is 0.000000211. The van der Waals surface area contributed by atoms with Gasteiger partial charge in [-0.05, 0) is 40.2 Å². The largest absolute Gasteiger partial charge is 0.326 e. The van der Waals surface area contributed by atoms with Gasteiger partial charge in [-0.25, -0.2) is 8.78 Å². The van der Waals surface area contributed by atoms with E-state index in [0.29, 0.717) is 10.0 Å². The predicted octanol–water partition coefficient (Wildman–Crippen LogP) is 7.06. The molecule has 0 aromatic heterocycles. The van der Waals surface area contributed by atoms with E-state index in [9.17, 15) is 17.6 Å². The van der Waals surface area contributed by atoms with Gasteiger partial charge < -0.3 is 0 Å². The molecule has 114 valence electrons. The molecule has 0 radical (unpaired) electrons. The second-order valence-electron chi connectivity index (χ2n) is 3.86. The average molecular weight is 404 g/mol. The predicted molar refractivity (Wildman–Crippen MR) is 80.7 cm³/mol. The molecule has 0 unspecified atom stereocenters. The van der Waals surface area contributed by atoms with Gasteiger partial charge in [-0.2, -0.15) is 8.78 Å². The van der Waals surface area contributed by atoms with E-state index in [1.807, 2.05) is 0 Å². The normalized spacial score (nSPS) is 11.0. The lowest BCUT2D eigenvalue weighted by molar-refractivity contribution is 0.114. The third-order valence-electron chi connectivity index (χ3n) is 2.29. The fourth-order valence-corrected chi connectivity index (χ4v) is 1.76. The van der Waals surface area contributed by atoms with E-state index < -0.39 is 11.3 Å². The zero-order valence-corrected chi connectivity index (χ0v) is 13.4. The number of benzene rings is 2. The third-order valence-corrected chi connectivity index (χ3v) is 3.26. The van der Waals surface area contributed by atoms with Crippen LogP contribution in [0, 0.1) is 0 Å². The summed E-state index contributed by atoms with van der Waals surface area (Å²) in [6, 6.07) is 10.9. The van der Waals surface area contributed by atoms with E-state index in [2.05, 4.69) is 15.9 Å². The van der Waals surface area contributed by atoms with Gasteiger partial charge in [-0.3, -0.25) is 0 Å². The SMILES string of the molecule is FC(F)(Br)c1ccc(Cl)cc1.FC(F)c1ccc(Cl)cc1. The van der Waals surface area contributed by atoms with Crippen molar-refractivity contribution in [3.63, 3.8) is 0 Å². The average Bonchev–Trinajstić information content (AvgIpc) is 2.39. The Morgan fingerprint density at radius 3 is 1.52 bits per heavy atom. The summed E-state index contributed by atoms with van der Waals surface area (Å²) in [6.07, 6.45) is -2.41. The zero-order chi connectivity index (χ0) is 16.0. The molecule has 0 aliphatic carbocycles. The standard InChI is InChI=1S/C7H4BrClF2.C7H5ClF2/c8-7(10,11)5-1-3-6(9)4-2-5;8-6-3-1-5(2-4-6)7(9)10/h1-4H;1-4,7H. The fraction of sp³-hybridized carbons (Fsp3) is 0.143. The molecule has 0 aliphatic heterocycles. The Hall–Kier alpha value is -0.780. The number of hydrogen-bond donors (Lipinski definition) is 0. The molecule has 0 bridgehead atoms. The minimum Gasteiger partial charge on any atom is -0.205 e. The van der Waals surface area contributed by atoms with Gasteiger partial charge in [-0.1, -0.05) is 47.5 Å². The van der Waals surface area contributed by atoms with Crippen LogP contribution in [0.5, 0.6) is 0 Å². The van der Waals surface area contributed by atoms with Crippen LogP contribution in [-0.4, -0.2) is 0 Å². The van der Waals surface area contributed by atoms with E-state index in [4.69, 9.17) is 23.2 Å². The highest BCUT2D eigenvalue weighted by atomic mass is 79.9. The molecule has 7 heteroatoms. The molecule has 2 aromatic rings. The molecular formula is C14H9BrCl2F4. The summed E-state index contributed by atoms with van der Waals surface area (Å²) in [7, 11) is 0. The van der Waals surface area contributed by atoms with Crippen LogP contribution in [0.3, 0.4) is 0 Å². The van der Waals surface area contributed by atoms with Crippen molar-refractivity contribution in [1.82, 2.24) is 0 Å². The van der Waals surface area contributed by atoms with Gasteiger partial charge in [0.05, 0.1) is 0 Å². The summed E-state index contributed by atoms with van der Waals surface area (Å²) in [5.74, 6) is 0. The molecule has 2 aromatic carbocycles. The van der Waals surface area contributed by atoms with E-state index in [-0.39, 0.29) is 11.1 Å². The second-order valence-corrected chi connectivity index (χ2v) is 5.73. The molecule has 0 amide bonds. The van der Waals surface area contributed by atoms with Crippen molar-refractivity contribution in [1.29, 1.82) is 0 Å². The minimum absolute atomic E-state index is 0.00407. The third kappa shape index (κ3) is 6.68. The highest BCUT2D eigenvalue weighted by molar-refractivity contribution is 9.09. The van der Waals surface area contributed by atoms with Gasteiger partial charge in [0.1, 0.15) is 0 Å². The summed E-state index contributed by atoms with van der Waals surface area (Å²) in [6.45, 7) is 0. The van der Waals surface area contributed by atoms with Crippen molar-refractivity contribution in [3.05, 3.63) is 69.7 Å². The van der Waals surface area contributed by atoms with E-state index in [1.165, 1.54) is 48.5 Å². The summed E-state index contributed by atoms with van der Waals surface area (Å²) < 4.78 is 48.6. The van der Waals surface area contributed by atoms with Gasteiger partial charge in [0.2, 0.25) is 0 Å². The summed E-state index contributed by atoms with van der Waals surface area (Å²) in [5, 5.41) is 0.926. The van der Waals surface area contributed by atoms with Crippen LogP contribution >= 0.6 is 39.1 Å². The molecule has 0 N–H and O–H groups in total. The van der Waals surface area contributed by atoms with Crippen molar-refractivity contribution in [2.24, 2.45) is 0 Å². The van der Waals surface area contributed by atoms with Gasteiger partial charge >= 0.3 is 4.83 Å². The minimum atomic E-state index is -2.96. The highest BCUT2D eigenvalue weighted by Crippen LogP contribution is 2.34. The van der Waals surface area contributed by atoms with Crippen molar-refractivity contribution < 1.29 is 17.6 Å². The van der Waals surface area contributed by atoms with Crippen LogP contribution < -0.4 is 0 Å². The quantitative estimate of drug-likeness (QED) is 0.371. The lowest BCUT2D eigenvalue weighted by atomic mass is 10.2. The first-order valence-corrected chi connectivity index (χ1v) is 7.11. The maximum Gasteiger partial charge on any atom is 0.326 e. The van der Waals surface area contributed by atoms with Crippen LogP contribution in [0.2, 0.25) is 10.0 Å². The lowest BCUT2D eigenvalue weighted by Crippen LogP contribution is -2.00. The Morgan fingerprint density at radius 2 is 1.19 bits per heavy atom. The molecule has 0 heterocycles. The maximum absolute atomic E-state index is 12.5. The smallest absolute Gasteiger partial charge is 0.205 e. The molecule has 0 saturated heterocycles. The van der Waals surface area contributed by atoms with Crippen molar-refractivity contribution >= 4 is 39.1 Å². The number of hydrogen-bond acceptors (Lipinski definition) is 0. The molecule has 2 rings (SSSR count). The highest BCUT2D eigenvalue weighted by Gasteiger charge is 2.26. The first-order valence-electron chi connectivity index (χ1n) is 5.56. The molecule has 0 fully saturated rings. The van der Waals surface area contributed by atoms with E-state index in [0.717, 1.165) is 0 Å². The van der Waals surface area contributed by atoms with Crippen molar-refractivity contribution in [3.8, 4) is 0 Å². The van der Waals surface area contributed by atoms with Gasteiger partial charge in [0.25, 0.3) is 6.43 Å². The first kappa shape index (κ1) is 18.3. The Morgan fingerprint density at radius 1 is 0.810 bits per heavy atom. The molecule has 0 spiro atoms. The summed E-state index contributed by atoms with van der Waals surface area (Å²) in [4.78, 5) is -2.96. The van der Waals surface area contributed by atoms with Crippen LogP contribution in [-0.2, 0) is 4.83 Å². The monoisotopic (exact) mass is 402 g/mol. The maximum atomic E-state index is 12.5. The van der Waals surface area contributed by atoms with E-state index in [1.54, 1.807) is 0 Å². The Labute approximate surface area is 137 Å². The summed E-state index contributed by atoms with van der Waals surface area (Å²) >= 11 is 13.2. The van der Waals surface area contributed by atoms with Crippen LogP contribution in [0.15, 0.2) is 48.5 Å². The number of alkyl halides is 5. The topological polar surface area (TPSA) is 0 Å². The molecule has 0 atom stereocenters. The molecule has 0 nitrogen and oxygen atoms in total. The van der Waals surface area contributed by atoms with Crippen molar-refractivity contribution in [2.45, 2.75) is 11.3 Å². The van der Waals surface area contributed by atoms with Gasteiger partial charge in [0, 0.05) is 21.2 Å². The number of halogens is 7. The first-order chi connectivity index (χ1) is 9.70. The second kappa shape index (κ2) is 8.01. The van der Waals surface area contributed by atoms with Gasteiger partial charge in [0.15, 0.2) is 0 Å². The molecule has 0 saturated carbocycles. The Bertz CT molecular complexity index is 551. The van der Waals surface area contributed by atoms with Crippen molar-refractivity contribution in [2.75, 3.05) is 0 Å². The van der Waals surface area contributed by atoms with Crippen LogP contribution in [0.4, 0.5) is 17.6 Å². The lowest BCUT2D eigenvalue weighted by Gasteiger charge is -2.07. The van der Waals surface area contributed by atoms with Crippen LogP contribution in [0.25, 0.3) is 0 Å². The zero-order valence-electron chi connectivity index (χ0n) is 10.3. The summed E-state index contributed by atoms with van der Waals surface area (Å²) in [5.41, 5.74) is -0.0914. The fourth-order valence-electron chi connectivity index (χ4n) is 1.25.